The fourth-order valence-corrected chi connectivity index (χ4v) is 2.24. The maximum Gasteiger partial charge on any atom is 0.0342 e. The summed E-state index contributed by atoms with van der Waals surface area (Å²) in [7, 11) is 0. The standard InChI is InChI=1S/C10H20ClN/c1-3-10(4-2)12-7-8-5-9(11)6-8/h8-10,12H,3-7H2,1-2H3. The second-order valence-electron chi connectivity index (χ2n) is 3.86. The molecule has 12 heavy (non-hydrogen) atoms. The molecule has 0 atom stereocenters. The first-order valence-electron chi connectivity index (χ1n) is 5.13. The molecule has 0 spiro atoms. The van der Waals surface area contributed by atoms with Crippen molar-refractivity contribution in [3.05, 3.63) is 0 Å². The second kappa shape index (κ2) is 5.08. The Kier molecular flexibility index (Phi) is 4.38. The van der Waals surface area contributed by atoms with E-state index in [0.29, 0.717) is 5.38 Å². The molecule has 0 heterocycles. The van der Waals surface area contributed by atoms with Crippen LogP contribution in [-0.4, -0.2) is 18.0 Å². The maximum absolute atomic E-state index is 5.90. The molecular weight excluding hydrogens is 170 g/mol. The quantitative estimate of drug-likeness (QED) is 0.656. The lowest BCUT2D eigenvalue weighted by molar-refractivity contribution is 0.291. The monoisotopic (exact) mass is 189 g/mol. The predicted molar refractivity (Wildman–Crippen MR) is 54.7 cm³/mol. The summed E-state index contributed by atoms with van der Waals surface area (Å²) in [5, 5.41) is 4.05. The third kappa shape index (κ3) is 2.95. The van der Waals surface area contributed by atoms with Crippen molar-refractivity contribution in [1.82, 2.24) is 5.32 Å². The Hall–Kier alpha value is 0.250. The molecule has 0 unspecified atom stereocenters. The van der Waals surface area contributed by atoms with Crippen LogP contribution in [0.4, 0.5) is 0 Å². The minimum atomic E-state index is 0.471. The van der Waals surface area contributed by atoms with Crippen molar-refractivity contribution in [3.63, 3.8) is 0 Å². The van der Waals surface area contributed by atoms with E-state index in [2.05, 4.69) is 19.2 Å². The lowest BCUT2D eigenvalue weighted by Crippen LogP contribution is -2.38. The molecule has 0 aromatic rings. The molecule has 1 rings (SSSR count). The third-order valence-electron chi connectivity index (χ3n) is 2.86. The van der Waals surface area contributed by atoms with Crippen molar-refractivity contribution in [2.24, 2.45) is 5.92 Å². The zero-order valence-electron chi connectivity index (χ0n) is 8.15. The summed E-state index contributed by atoms with van der Waals surface area (Å²) < 4.78 is 0. The van der Waals surface area contributed by atoms with E-state index in [0.717, 1.165) is 12.0 Å². The van der Waals surface area contributed by atoms with Crippen LogP contribution in [0.15, 0.2) is 0 Å². The number of hydrogen-bond donors (Lipinski definition) is 1. The highest BCUT2D eigenvalue weighted by Crippen LogP contribution is 2.31. The average Bonchev–Trinajstić information content (AvgIpc) is 2.03. The van der Waals surface area contributed by atoms with Crippen molar-refractivity contribution >= 4 is 11.6 Å². The van der Waals surface area contributed by atoms with Crippen LogP contribution < -0.4 is 5.32 Å². The Bertz CT molecular complexity index is 117. The number of hydrogen-bond acceptors (Lipinski definition) is 1. The average molecular weight is 190 g/mol. The Morgan fingerprint density at radius 3 is 2.33 bits per heavy atom. The molecule has 0 radical (unpaired) electrons. The number of nitrogens with one attached hydrogen (secondary N) is 1. The Morgan fingerprint density at radius 1 is 1.33 bits per heavy atom. The zero-order chi connectivity index (χ0) is 8.97. The fraction of sp³-hybridized carbons (Fsp3) is 1.00. The van der Waals surface area contributed by atoms with E-state index < -0.39 is 0 Å². The zero-order valence-corrected chi connectivity index (χ0v) is 8.90. The molecule has 0 aromatic heterocycles. The van der Waals surface area contributed by atoms with Gasteiger partial charge in [-0.3, -0.25) is 0 Å². The molecule has 0 aliphatic heterocycles. The molecule has 1 nitrogen and oxygen atoms in total. The van der Waals surface area contributed by atoms with Gasteiger partial charge in [-0.05, 0) is 38.1 Å². The molecule has 1 aliphatic carbocycles. The van der Waals surface area contributed by atoms with Gasteiger partial charge < -0.3 is 5.32 Å². The van der Waals surface area contributed by atoms with Gasteiger partial charge in [-0.25, -0.2) is 0 Å². The van der Waals surface area contributed by atoms with Gasteiger partial charge in [-0.15, -0.1) is 11.6 Å². The SMILES string of the molecule is CCC(CC)NCC1CC(Cl)C1. The molecule has 1 N–H and O–H groups in total. The molecule has 0 aromatic carbocycles. The smallest absolute Gasteiger partial charge is 0.0342 e. The second-order valence-corrected chi connectivity index (χ2v) is 4.47. The van der Waals surface area contributed by atoms with Crippen LogP contribution in [0.3, 0.4) is 0 Å². The van der Waals surface area contributed by atoms with E-state index in [1.807, 2.05) is 0 Å². The van der Waals surface area contributed by atoms with Crippen molar-refractivity contribution in [1.29, 1.82) is 0 Å². The highest BCUT2D eigenvalue weighted by Gasteiger charge is 2.26. The lowest BCUT2D eigenvalue weighted by Gasteiger charge is -2.32. The van der Waals surface area contributed by atoms with Crippen LogP contribution >= 0.6 is 11.6 Å². The Morgan fingerprint density at radius 2 is 1.92 bits per heavy atom. The van der Waals surface area contributed by atoms with Gasteiger partial charge in [0.2, 0.25) is 0 Å². The summed E-state index contributed by atoms with van der Waals surface area (Å²) >= 11 is 5.90. The van der Waals surface area contributed by atoms with Gasteiger partial charge in [0.1, 0.15) is 0 Å². The first kappa shape index (κ1) is 10.3. The van der Waals surface area contributed by atoms with Gasteiger partial charge in [-0.2, -0.15) is 0 Å². The Labute approximate surface area is 80.9 Å². The molecular formula is C10H20ClN. The molecule has 1 aliphatic rings. The van der Waals surface area contributed by atoms with E-state index in [-0.39, 0.29) is 0 Å². The van der Waals surface area contributed by atoms with E-state index in [1.165, 1.54) is 32.2 Å². The summed E-state index contributed by atoms with van der Waals surface area (Å²) in [5.41, 5.74) is 0. The number of alkyl halides is 1. The number of halogens is 1. The van der Waals surface area contributed by atoms with E-state index in [9.17, 15) is 0 Å². The molecule has 2 heteroatoms. The van der Waals surface area contributed by atoms with Crippen LogP contribution in [-0.2, 0) is 0 Å². The molecule has 0 bridgehead atoms. The molecule has 0 saturated heterocycles. The van der Waals surface area contributed by atoms with Crippen LogP contribution in [0, 0.1) is 5.92 Å². The Balaban J connectivity index is 2.01. The summed E-state index contributed by atoms with van der Waals surface area (Å²) in [6.45, 7) is 5.66. The van der Waals surface area contributed by atoms with Gasteiger partial charge in [0.25, 0.3) is 0 Å². The van der Waals surface area contributed by atoms with Crippen molar-refractivity contribution in [2.75, 3.05) is 6.54 Å². The topological polar surface area (TPSA) is 12.0 Å². The minimum Gasteiger partial charge on any atom is -0.314 e. The van der Waals surface area contributed by atoms with E-state index in [1.54, 1.807) is 0 Å². The molecule has 1 saturated carbocycles. The van der Waals surface area contributed by atoms with Crippen molar-refractivity contribution < 1.29 is 0 Å². The van der Waals surface area contributed by atoms with Gasteiger partial charge in [-0.1, -0.05) is 13.8 Å². The predicted octanol–water partition coefficient (Wildman–Crippen LogP) is 2.78. The van der Waals surface area contributed by atoms with Crippen LogP contribution in [0.1, 0.15) is 39.5 Å². The van der Waals surface area contributed by atoms with Crippen molar-refractivity contribution in [2.45, 2.75) is 50.9 Å². The summed E-state index contributed by atoms with van der Waals surface area (Å²) in [6, 6.07) is 0.722. The van der Waals surface area contributed by atoms with Crippen LogP contribution in [0.2, 0.25) is 0 Å². The highest BCUT2D eigenvalue weighted by atomic mass is 35.5. The van der Waals surface area contributed by atoms with Gasteiger partial charge >= 0.3 is 0 Å². The normalized spacial score (nSPS) is 29.0. The number of rotatable bonds is 5. The summed E-state index contributed by atoms with van der Waals surface area (Å²) in [4.78, 5) is 0. The minimum absolute atomic E-state index is 0.471. The largest absolute Gasteiger partial charge is 0.314 e. The summed E-state index contributed by atoms with van der Waals surface area (Å²) in [5.74, 6) is 0.855. The molecule has 72 valence electrons. The van der Waals surface area contributed by atoms with Crippen molar-refractivity contribution in [3.8, 4) is 0 Å². The fourth-order valence-electron chi connectivity index (χ4n) is 1.73. The van der Waals surface area contributed by atoms with E-state index >= 15 is 0 Å². The summed E-state index contributed by atoms with van der Waals surface area (Å²) in [6.07, 6.45) is 4.92. The van der Waals surface area contributed by atoms with Gasteiger partial charge in [0, 0.05) is 11.4 Å². The highest BCUT2D eigenvalue weighted by molar-refractivity contribution is 6.21. The lowest BCUT2D eigenvalue weighted by atomic mass is 9.84. The van der Waals surface area contributed by atoms with E-state index in [4.69, 9.17) is 11.6 Å². The van der Waals surface area contributed by atoms with Gasteiger partial charge in [0.05, 0.1) is 0 Å². The van der Waals surface area contributed by atoms with Gasteiger partial charge in [0.15, 0.2) is 0 Å². The third-order valence-corrected chi connectivity index (χ3v) is 3.22. The van der Waals surface area contributed by atoms with Crippen LogP contribution in [0.25, 0.3) is 0 Å². The first-order valence-corrected chi connectivity index (χ1v) is 5.57. The maximum atomic E-state index is 5.90. The van der Waals surface area contributed by atoms with Crippen LogP contribution in [0.5, 0.6) is 0 Å². The molecule has 0 amide bonds. The molecule has 1 fully saturated rings. The first-order chi connectivity index (χ1) is 5.76.